The lowest BCUT2D eigenvalue weighted by molar-refractivity contribution is 0.0681. The van der Waals surface area contributed by atoms with Gasteiger partial charge in [0.2, 0.25) is 0 Å². The third kappa shape index (κ3) is 3.87. The molecule has 0 saturated carbocycles. The van der Waals surface area contributed by atoms with Crippen LogP contribution in [-0.4, -0.2) is 50.7 Å². The molecule has 0 radical (unpaired) electrons. The summed E-state index contributed by atoms with van der Waals surface area (Å²) >= 11 is 0. The van der Waals surface area contributed by atoms with E-state index in [1.54, 1.807) is 12.1 Å². The van der Waals surface area contributed by atoms with Crippen LogP contribution in [0.2, 0.25) is 0 Å². The van der Waals surface area contributed by atoms with Gasteiger partial charge in [-0.05, 0) is 49.9 Å². The van der Waals surface area contributed by atoms with Crippen molar-refractivity contribution in [1.82, 2.24) is 10.2 Å². The monoisotopic (exact) mass is 358 g/mol. The summed E-state index contributed by atoms with van der Waals surface area (Å²) in [5.41, 5.74) is 0.542. The summed E-state index contributed by atoms with van der Waals surface area (Å²) in [4.78, 5) is 14.7. The van der Waals surface area contributed by atoms with Crippen LogP contribution < -0.4 is 5.32 Å². The van der Waals surface area contributed by atoms with Gasteiger partial charge in [0.25, 0.3) is 5.91 Å². The topological polar surface area (TPSA) is 66.5 Å². The van der Waals surface area contributed by atoms with Crippen molar-refractivity contribution in [2.75, 3.05) is 13.3 Å². The average molecular weight is 359 g/mol. The van der Waals surface area contributed by atoms with Crippen molar-refractivity contribution in [3.8, 4) is 0 Å². The van der Waals surface area contributed by atoms with Crippen molar-refractivity contribution >= 4 is 28.2 Å². The quantitative estimate of drug-likeness (QED) is 0.895. The number of carbonyl (C=O) groups excluding carboxylic acids is 1. The number of nitrogens with one attached hydrogen (secondary N) is 1. The molecule has 3 rings (SSSR count). The van der Waals surface area contributed by atoms with E-state index < -0.39 is 9.84 Å². The largest absolute Gasteiger partial charge is 0.339 e. The van der Waals surface area contributed by atoms with Gasteiger partial charge in [0.1, 0.15) is 0 Å². The van der Waals surface area contributed by atoms with Crippen molar-refractivity contribution in [2.45, 2.75) is 48.7 Å². The Morgan fingerprint density at radius 2 is 1.65 bits per heavy atom. The van der Waals surface area contributed by atoms with Gasteiger partial charge >= 0.3 is 0 Å². The molecule has 1 aromatic rings. The average Bonchev–Trinajstić information content (AvgIpc) is 2.83. The summed E-state index contributed by atoms with van der Waals surface area (Å²) in [6, 6.07) is 7.54. The number of piperidine rings is 1. The summed E-state index contributed by atoms with van der Waals surface area (Å²) < 4.78 is 22.9. The zero-order chi connectivity index (χ0) is 15.9. The molecule has 1 N–H and O–H groups in total. The molecule has 5 nitrogen and oxygen atoms in total. The minimum atomic E-state index is -3.23. The summed E-state index contributed by atoms with van der Waals surface area (Å²) in [5, 5.41) is 3.57. The number of carbonyl (C=O) groups is 1. The Morgan fingerprint density at radius 1 is 1.13 bits per heavy atom. The molecule has 0 spiro atoms. The lowest BCUT2D eigenvalue weighted by Crippen LogP contribution is -2.48. The zero-order valence-corrected chi connectivity index (χ0v) is 15.0. The van der Waals surface area contributed by atoms with Crippen LogP contribution >= 0.6 is 12.4 Å². The number of halogens is 1. The SMILES string of the molecule is CN(C(=O)c1ccc(S(C)(=O)=O)cc1)C1CC2CCC(C1)N2.Cl. The molecule has 128 valence electrons. The van der Waals surface area contributed by atoms with Crippen LogP contribution in [0.4, 0.5) is 0 Å². The summed E-state index contributed by atoms with van der Waals surface area (Å²) in [6.07, 6.45) is 5.57. The van der Waals surface area contributed by atoms with Crippen molar-refractivity contribution in [3.63, 3.8) is 0 Å². The molecule has 0 aromatic heterocycles. The first-order valence-corrected chi connectivity index (χ1v) is 9.57. The van der Waals surface area contributed by atoms with Gasteiger partial charge in [0.05, 0.1) is 4.90 Å². The van der Waals surface area contributed by atoms with E-state index in [1.165, 1.54) is 31.2 Å². The number of hydrogen-bond acceptors (Lipinski definition) is 4. The Balaban J connectivity index is 0.00000192. The molecular weight excluding hydrogens is 336 g/mol. The van der Waals surface area contributed by atoms with E-state index >= 15 is 0 Å². The molecule has 2 bridgehead atoms. The molecule has 2 atom stereocenters. The molecule has 2 fully saturated rings. The number of fused-ring (bicyclic) bond motifs is 2. The first-order chi connectivity index (χ1) is 10.3. The fourth-order valence-corrected chi connectivity index (χ4v) is 4.19. The highest BCUT2D eigenvalue weighted by Crippen LogP contribution is 2.29. The van der Waals surface area contributed by atoms with Crippen LogP contribution in [0.5, 0.6) is 0 Å². The Bertz CT molecular complexity index is 663. The highest BCUT2D eigenvalue weighted by molar-refractivity contribution is 7.90. The number of rotatable bonds is 3. The van der Waals surface area contributed by atoms with E-state index in [9.17, 15) is 13.2 Å². The third-order valence-electron chi connectivity index (χ3n) is 4.85. The number of hydrogen-bond donors (Lipinski definition) is 1. The normalized spacial score (nSPS) is 26.4. The molecule has 1 aromatic carbocycles. The van der Waals surface area contributed by atoms with E-state index in [0.717, 1.165) is 12.8 Å². The van der Waals surface area contributed by atoms with Crippen LogP contribution in [0.25, 0.3) is 0 Å². The maximum atomic E-state index is 12.6. The summed E-state index contributed by atoms with van der Waals surface area (Å²) in [5.74, 6) is -0.0358. The maximum absolute atomic E-state index is 12.6. The van der Waals surface area contributed by atoms with Crippen LogP contribution in [-0.2, 0) is 9.84 Å². The highest BCUT2D eigenvalue weighted by Gasteiger charge is 2.36. The molecule has 2 aliphatic heterocycles. The van der Waals surface area contributed by atoms with Gasteiger partial charge in [0.15, 0.2) is 9.84 Å². The third-order valence-corrected chi connectivity index (χ3v) is 5.97. The Kier molecular flexibility index (Phi) is 5.38. The summed E-state index contributed by atoms with van der Waals surface area (Å²) in [7, 11) is -1.38. The number of benzene rings is 1. The molecule has 0 aliphatic carbocycles. The first kappa shape index (κ1) is 18.2. The minimum Gasteiger partial charge on any atom is -0.339 e. The van der Waals surface area contributed by atoms with Crippen LogP contribution in [0, 0.1) is 0 Å². The second kappa shape index (κ2) is 6.79. The highest BCUT2D eigenvalue weighted by atomic mass is 35.5. The second-order valence-electron chi connectivity index (χ2n) is 6.48. The number of nitrogens with zero attached hydrogens (tertiary/aromatic N) is 1. The predicted octanol–water partition coefficient (Wildman–Crippen LogP) is 1.87. The van der Waals surface area contributed by atoms with Crippen LogP contribution in [0.3, 0.4) is 0 Å². The van der Waals surface area contributed by atoms with E-state index in [4.69, 9.17) is 0 Å². The lowest BCUT2D eigenvalue weighted by atomic mass is 9.98. The second-order valence-corrected chi connectivity index (χ2v) is 8.49. The van der Waals surface area contributed by atoms with Crippen molar-refractivity contribution in [1.29, 1.82) is 0 Å². The van der Waals surface area contributed by atoms with Gasteiger partial charge in [0, 0.05) is 37.0 Å². The van der Waals surface area contributed by atoms with Gasteiger partial charge in [-0.3, -0.25) is 4.79 Å². The van der Waals surface area contributed by atoms with Gasteiger partial charge in [-0.1, -0.05) is 0 Å². The van der Waals surface area contributed by atoms with E-state index in [2.05, 4.69) is 5.32 Å². The van der Waals surface area contributed by atoms with Crippen molar-refractivity contribution in [2.24, 2.45) is 0 Å². The summed E-state index contributed by atoms with van der Waals surface area (Å²) in [6.45, 7) is 0. The van der Waals surface area contributed by atoms with Crippen LogP contribution in [0.1, 0.15) is 36.0 Å². The predicted molar refractivity (Wildman–Crippen MR) is 91.9 cm³/mol. The standard InChI is InChI=1S/C16H22N2O3S.ClH/c1-18(14-9-12-5-6-13(10-14)17-12)16(19)11-3-7-15(8-4-11)22(2,20)21;/h3-4,7-8,12-14,17H,5-6,9-10H2,1-2H3;1H. The Morgan fingerprint density at radius 3 is 2.13 bits per heavy atom. The molecule has 2 unspecified atom stereocenters. The molecular formula is C16H23ClN2O3S. The zero-order valence-electron chi connectivity index (χ0n) is 13.4. The lowest BCUT2D eigenvalue weighted by Gasteiger charge is -2.35. The molecule has 2 saturated heterocycles. The van der Waals surface area contributed by atoms with Gasteiger partial charge in [-0.2, -0.15) is 0 Å². The smallest absolute Gasteiger partial charge is 0.253 e. The minimum absolute atomic E-state index is 0. The fourth-order valence-electron chi connectivity index (χ4n) is 3.56. The molecule has 1 amide bonds. The Hall–Kier alpha value is -1.11. The van der Waals surface area contributed by atoms with Crippen molar-refractivity contribution in [3.05, 3.63) is 29.8 Å². The maximum Gasteiger partial charge on any atom is 0.253 e. The molecule has 7 heteroatoms. The number of amides is 1. The van der Waals surface area contributed by atoms with Gasteiger partial charge in [-0.25, -0.2) is 8.42 Å². The van der Waals surface area contributed by atoms with Crippen LogP contribution in [0.15, 0.2) is 29.2 Å². The Labute approximate surface area is 143 Å². The molecule has 23 heavy (non-hydrogen) atoms. The van der Waals surface area contributed by atoms with E-state index in [1.807, 2.05) is 11.9 Å². The van der Waals surface area contributed by atoms with E-state index in [-0.39, 0.29) is 29.3 Å². The fraction of sp³-hybridized carbons (Fsp3) is 0.562. The van der Waals surface area contributed by atoms with Crippen molar-refractivity contribution < 1.29 is 13.2 Å². The van der Waals surface area contributed by atoms with Gasteiger partial charge < -0.3 is 10.2 Å². The first-order valence-electron chi connectivity index (χ1n) is 7.68. The van der Waals surface area contributed by atoms with Gasteiger partial charge in [-0.15, -0.1) is 12.4 Å². The number of sulfone groups is 1. The molecule has 2 aliphatic rings. The van der Waals surface area contributed by atoms with E-state index in [0.29, 0.717) is 17.6 Å². The molecule has 2 heterocycles.